The molecule has 1 fully saturated rings. The average Bonchev–Trinajstić information content (AvgIpc) is 2.67. The first kappa shape index (κ1) is 20.9. The number of hydrogen-bond donors (Lipinski definition) is 1. The first-order valence-corrected chi connectivity index (χ1v) is 9.70. The molecule has 0 saturated heterocycles. The number of carbonyl (C=O) groups excluding carboxylic acids is 3. The summed E-state index contributed by atoms with van der Waals surface area (Å²) in [5, 5.41) is 2.94. The molecule has 6 nitrogen and oxygen atoms in total. The molecule has 1 saturated carbocycles. The molecule has 1 amide bonds. The first-order valence-electron chi connectivity index (χ1n) is 9.70. The van der Waals surface area contributed by atoms with E-state index in [4.69, 9.17) is 9.47 Å². The molecular weight excluding hydrogens is 346 g/mol. The number of rotatable bonds is 9. The van der Waals surface area contributed by atoms with Crippen LogP contribution in [0.25, 0.3) is 0 Å². The van der Waals surface area contributed by atoms with Crippen LogP contribution in [0, 0.1) is 5.92 Å². The summed E-state index contributed by atoms with van der Waals surface area (Å²) in [5.41, 5.74) is 0.523. The van der Waals surface area contributed by atoms with Crippen LogP contribution in [-0.2, 0) is 14.3 Å². The van der Waals surface area contributed by atoms with Crippen molar-refractivity contribution >= 4 is 17.7 Å². The molecule has 0 unspecified atom stereocenters. The fourth-order valence-corrected chi connectivity index (χ4v) is 3.26. The van der Waals surface area contributed by atoms with Crippen molar-refractivity contribution in [3.8, 4) is 5.75 Å². The van der Waals surface area contributed by atoms with Gasteiger partial charge < -0.3 is 14.8 Å². The minimum absolute atomic E-state index is 0.0425. The zero-order valence-corrected chi connectivity index (χ0v) is 16.2. The molecule has 1 aromatic carbocycles. The number of Topliss-reactive ketones (excluding diaryl/α,β-unsaturated/α-hetero) is 1. The summed E-state index contributed by atoms with van der Waals surface area (Å²) < 4.78 is 10.3. The van der Waals surface area contributed by atoms with Gasteiger partial charge in [-0.25, -0.2) is 0 Å². The van der Waals surface area contributed by atoms with E-state index >= 15 is 0 Å². The van der Waals surface area contributed by atoms with Gasteiger partial charge in [0.15, 0.2) is 12.4 Å². The van der Waals surface area contributed by atoms with Gasteiger partial charge in [-0.3, -0.25) is 14.4 Å². The molecule has 0 aromatic heterocycles. The molecule has 1 N–H and O–H groups in total. The van der Waals surface area contributed by atoms with Gasteiger partial charge >= 0.3 is 5.97 Å². The predicted octanol–water partition coefficient (Wildman–Crippen LogP) is 3.29. The van der Waals surface area contributed by atoms with E-state index in [1.807, 2.05) is 6.92 Å². The molecule has 0 radical (unpaired) electrons. The van der Waals surface area contributed by atoms with Crippen molar-refractivity contribution < 1.29 is 23.9 Å². The Bertz CT molecular complexity index is 640. The van der Waals surface area contributed by atoms with Crippen LogP contribution in [0.1, 0.15) is 62.7 Å². The molecule has 0 heterocycles. The van der Waals surface area contributed by atoms with Crippen LogP contribution in [0.3, 0.4) is 0 Å². The van der Waals surface area contributed by atoms with Gasteiger partial charge in [-0.1, -0.05) is 19.8 Å². The lowest BCUT2D eigenvalue weighted by molar-refractivity contribution is -0.148. The van der Waals surface area contributed by atoms with E-state index in [1.165, 1.54) is 6.42 Å². The Balaban J connectivity index is 1.67. The standard InChI is InChI=1S/C21H29NO5/c1-3-26-17-10-8-16(9-11-17)19(23)12-13-21(25)27-14-20(24)22-18-7-5-4-6-15(18)2/h8-11,15,18H,3-7,12-14H2,1-2H3,(H,22,24)/t15-,18-/m1/s1. The van der Waals surface area contributed by atoms with Crippen molar-refractivity contribution in [2.45, 2.75) is 58.4 Å². The van der Waals surface area contributed by atoms with Crippen LogP contribution in [0.2, 0.25) is 0 Å². The van der Waals surface area contributed by atoms with Gasteiger partial charge in [-0.05, 0) is 49.9 Å². The van der Waals surface area contributed by atoms with Gasteiger partial charge in [0.25, 0.3) is 5.91 Å². The van der Waals surface area contributed by atoms with Crippen molar-refractivity contribution in [3.63, 3.8) is 0 Å². The topological polar surface area (TPSA) is 81.7 Å². The summed E-state index contributed by atoms with van der Waals surface area (Å²) in [6, 6.07) is 6.97. The van der Waals surface area contributed by atoms with E-state index in [1.54, 1.807) is 24.3 Å². The molecule has 0 bridgehead atoms. The highest BCUT2D eigenvalue weighted by atomic mass is 16.5. The van der Waals surface area contributed by atoms with Gasteiger partial charge in [-0.15, -0.1) is 0 Å². The molecule has 1 aliphatic rings. The lowest BCUT2D eigenvalue weighted by Crippen LogP contribution is -2.42. The number of amides is 1. The Kier molecular flexibility index (Phi) is 8.30. The number of esters is 1. The van der Waals surface area contributed by atoms with Gasteiger partial charge in [0.05, 0.1) is 13.0 Å². The van der Waals surface area contributed by atoms with Crippen LogP contribution in [-0.4, -0.2) is 36.9 Å². The zero-order chi connectivity index (χ0) is 19.6. The molecule has 2 atom stereocenters. The SMILES string of the molecule is CCOc1ccc(C(=O)CCC(=O)OCC(=O)N[C@@H]2CCCC[C@H]2C)cc1. The second-order valence-corrected chi connectivity index (χ2v) is 6.98. The molecule has 6 heteroatoms. The van der Waals surface area contributed by atoms with E-state index in [0.29, 0.717) is 23.8 Å². The summed E-state index contributed by atoms with van der Waals surface area (Å²) in [5.74, 6) is 0.188. The highest BCUT2D eigenvalue weighted by molar-refractivity contribution is 5.97. The second-order valence-electron chi connectivity index (χ2n) is 6.98. The van der Waals surface area contributed by atoms with E-state index in [-0.39, 0.29) is 37.2 Å². The van der Waals surface area contributed by atoms with Gasteiger partial charge in [0.2, 0.25) is 0 Å². The maximum Gasteiger partial charge on any atom is 0.306 e. The van der Waals surface area contributed by atoms with Gasteiger partial charge in [-0.2, -0.15) is 0 Å². The highest BCUT2D eigenvalue weighted by Crippen LogP contribution is 2.23. The Morgan fingerprint density at radius 3 is 2.44 bits per heavy atom. The van der Waals surface area contributed by atoms with E-state index in [0.717, 1.165) is 19.3 Å². The van der Waals surface area contributed by atoms with Crippen LogP contribution < -0.4 is 10.1 Å². The number of hydrogen-bond acceptors (Lipinski definition) is 5. The molecule has 0 aliphatic heterocycles. The molecule has 27 heavy (non-hydrogen) atoms. The molecular formula is C21H29NO5. The summed E-state index contributed by atoms with van der Waals surface area (Å²) in [6.45, 7) is 4.29. The Morgan fingerprint density at radius 2 is 1.78 bits per heavy atom. The van der Waals surface area contributed by atoms with Crippen LogP contribution in [0.5, 0.6) is 5.75 Å². The molecule has 148 valence electrons. The van der Waals surface area contributed by atoms with Crippen LogP contribution in [0.15, 0.2) is 24.3 Å². The average molecular weight is 375 g/mol. The van der Waals surface area contributed by atoms with Crippen molar-refractivity contribution in [2.75, 3.05) is 13.2 Å². The Morgan fingerprint density at radius 1 is 1.07 bits per heavy atom. The van der Waals surface area contributed by atoms with E-state index < -0.39 is 5.97 Å². The van der Waals surface area contributed by atoms with Gasteiger partial charge in [0.1, 0.15) is 5.75 Å². The van der Waals surface area contributed by atoms with Crippen LogP contribution >= 0.6 is 0 Å². The summed E-state index contributed by atoms with van der Waals surface area (Å²) >= 11 is 0. The fourth-order valence-electron chi connectivity index (χ4n) is 3.26. The van der Waals surface area contributed by atoms with Crippen molar-refractivity contribution in [1.29, 1.82) is 0 Å². The molecule has 0 spiro atoms. The predicted molar refractivity (Wildman–Crippen MR) is 102 cm³/mol. The lowest BCUT2D eigenvalue weighted by Gasteiger charge is -2.29. The summed E-state index contributed by atoms with van der Waals surface area (Å²) in [4.78, 5) is 35.9. The molecule has 1 aliphatic carbocycles. The number of ether oxygens (including phenoxy) is 2. The largest absolute Gasteiger partial charge is 0.494 e. The number of nitrogens with one attached hydrogen (secondary N) is 1. The van der Waals surface area contributed by atoms with E-state index in [9.17, 15) is 14.4 Å². The summed E-state index contributed by atoms with van der Waals surface area (Å²) in [7, 11) is 0. The Hall–Kier alpha value is -2.37. The number of carbonyl (C=O) groups is 3. The smallest absolute Gasteiger partial charge is 0.306 e. The van der Waals surface area contributed by atoms with Crippen molar-refractivity contribution in [3.05, 3.63) is 29.8 Å². The fraction of sp³-hybridized carbons (Fsp3) is 0.571. The zero-order valence-electron chi connectivity index (χ0n) is 16.2. The lowest BCUT2D eigenvalue weighted by atomic mass is 9.86. The quantitative estimate of drug-likeness (QED) is 0.529. The number of benzene rings is 1. The van der Waals surface area contributed by atoms with Gasteiger partial charge in [0, 0.05) is 18.0 Å². The maximum atomic E-state index is 12.1. The monoisotopic (exact) mass is 375 g/mol. The normalized spacial score (nSPS) is 19.2. The molecule has 1 aromatic rings. The summed E-state index contributed by atoms with van der Waals surface area (Å²) in [6.07, 6.45) is 4.40. The third-order valence-corrected chi connectivity index (χ3v) is 4.87. The minimum Gasteiger partial charge on any atom is -0.494 e. The maximum absolute atomic E-state index is 12.1. The number of ketones is 1. The third kappa shape index (κ3) is 7.04. The molecule has 2 rings (SSSR count). The van der Waals surface area contributed by atoms with E-state index in [2.05, 4.69) is 12.2 Å². The second kappa shape index (κ2) is 10.7. The van der Waals surface area contributed by atoms with Crippen LogP contribution in [0.4, 0.5) is 0 Å². The third-order valence-electron chi connectivity index (χ3n) is 4.87. The Labute approximate surface area is 160 Å². The highest BCUT2D eigenvalue weighted by Gasteiger charge is 2.23. The minimum atomic E-state index is -0.541. The van der Waals surface area contributed by atoms with Crippen molar-refractivity contribution in [2.24, 2.45) is 5.92 Å². The first-order chi connectivity index (χ1) is 13.0. The van der Waals surface area contributed by atoms with Crippen molar-refractivity contribution in [1.82, 2.24) is 5.32 Å².